The SMILES string of the molecule is COc1ccc(F)c(-c2cc(COc3ccc([C@H](CC(=O)N4C(=O)OC[C@@H]4Cc4ccccc4)c4ccon4)cc3)ccc2C(C)(C)C)c1. The van der Waals surface area contributed by atoms with Crippen molar-refractivity contribution < 1.29 is 32.7 Å². The lowest BCUT2D eigenvalue weighted by atomic mass is 9.81. The highest BCUT2D eigenvalue weighted by Crippen LogP contribution is 2.37. The van der Waals surface area contributed by atoms with E-state index in [1.54, 1.807) is 25.3 Å². The highest BCUT2D eigenvalue weighted by atomic mass is 19.1. The van der Waals surface area contributed by atoms with Crippen molar-refractivity contribution in [2.75, 3.05) is 13.7 Å². The molecule has 1 fully saturated rings. The fourth-order valence-corrected chi connectivity index (χ4v) is 6.23. The number of cyclic esters (lactones) is 1. The molecule has 0 aliphatic carbocycles. The fourth-order valence-electron chi connectivity index (χ4n) is 6.23. The van der Waals surface area contributed by atoms with Crippen molar-refractivity contribution in [3.8, 4) is 22.6 Å². The van der Waals surface area contributed by atoms with Crippen LogP contribution in [0.5, 0.6) is 11.5 Å². The topological polar surface area (TPSA) is 91.1 Å². The maximum Gasteiger partial charge on any atom is 0.416 e. The molecule has 5 aromatic rings. The molecule has 0 bridgehead atoms. The van der Waals surface area contributed by atoms with Gasteiger partial charge in [-0.15, -0.1) is 0 Å². The lowest BCUT2D eigenvalue weighted by molar-refractivity contribution is -0.129. The summed E-state index contributed by atoms with van der Waals surface area (Å²) in [4.78, 5) is 27.6. The molecule has 2 heterocycles. The predicted octanol–water partition coefficient (Wildman–Crippen LogP) is 8.48. The van der Waals surface area contributed by atoms with Gasteiger partial charge in [-0.1, -0.05) is 80.5 Å². The number of aromatic nitrogens is 1. The quantitative estimate of drug-likeness (QED) is 0.140. The third kappa shape index (κ3) is 7.67. The Morgan fingerprint density at radius 1 is 0.939 bits per heavy atom. The summed E-state index contributed by atoms with van der Waals surface area (Å²) >= 11 is 0. The number of methoxy groups -OCH3 is 1. The van der Waals surface area contributed by atoms with E-state index in [0.29, 0.717) is 29.2 Å². The standard InChI is InChI=1S/C40H39FN2O6/c1-40(2,3)35-16-10-27(21-33(35)34-22-31(46-4)15-17-36(34)41)24-47-30-13-11-28(12-14-30)32(37-18-19-49-42-37)23-38(44)43-29(25-48-39(43)45)20-26-8-6-5-7-9-26/h5-19,21-22,29,32H,20,23-25H2,1-4H3/t29-,32-/m0/s1. The monoisotopic (exact) mass is 662 g/mol. The van der Waals surface area contributed by atoms with Gasteiger partial charge in [-0.05, 0) is 76.1 Å². The van der Waals surface area contributed by atoms with E-state index in [1.807, 2.05) is 72.8 Å². The van der Waals surface area contributed by atoms with Crippen LogP contribution in [0.1, 0.15) is 61.1 Å². The number of nitrogens with zero attached hydrogens (tertiary/aromatic N) is 2. The third-order valence-corrected chi connectivity index (χ3v) is 8.78. The van der Waals surface area contributed by atoms with Crippen LogP contribution in [-0.2, 0) is 28.0 Å². The zero-order chi connectivity index (χ0) is 34.5. The molecule has 9 heteroatoms. The Balaban J connectivity index is 1.18. The molecule has 2 amide bonds. The normalized spacial score (nSPS) is 15.2. The van der Waals surface area contributed by atoms with E-state index in [4.69, 9.17) is 18.7 Å². The number of ether oxygens (including phenoxy) is 3. The van der Waals surface area contributed by atoms with Gasteiger partial charge in [0.05, 0.1) is 18.8 Å². The van der Waals surface area contributed by atoms with Gasteiger partial charge in [-0.2, -0.15) is 0 Å². The van der Waals surface area contributed by atoms with Crippen molar-refractivity contribution >= 4 is 12.0 Å². The van der Waals surface area contributed by atoms with Crippen LogP contribution in [0.15, 0.2) is 108 Å². The van der Waals surface area contributed by atoms with Crippen molar-refractivity contribution in [1.29, 1.82) is 0 Å². The van der Waals surface area contributed by atoms with Crippen LogP contribution in [0.2, 0.25) is 0 Å². The molecule has 1 aliphatic heterocycles. The molecule has 2 atom stereocenters. The van der Waals surface area contributed by atoms with E-state index >= 15 is 4.39 Å². The Morgan fingerprint density at radius 3 is 2.39 bits per heavy atom. The molecular weight excluding hydrogens is 623 g/mol. The summed E-state index contributed by atoms with van der Waals surface area (Å²) in [5, 5.41) is 4.12. The Kier molecular flexibility index (Phi) is 9.80. The molecule has 1 aromatic heterocycles. The van der Waals surface area contributed by atoms with Crippen LogP contribution < -0.4 is 9.47 Å². The minimum Gasteiger partial charge on any atom is -0.497 e. The van der Waals surface area contributed by atoms with Crippen LogP contribution in [0, 0.1) is 5.82 Å². The molecule has 49 heavy (non-hydrogen) atoms. The summed E-state index contributed by atoms with van der Waals surface area (Å²) in [6, 6.07) is 29.2. The third-order valence-electron chi connectivity index (χ3n) is 8.78. The summed E-state index contributed by atoms with van der Waals surface area (Å²) < 4.78 is 37.1. The average Bonchev–Trinajstić information content (AvgIpc) is 3.77. The van der Waals surface area contributed by atoms with E-state index in [0.717, 1.165) is 27.8 Å². The number of halogens is 1. The first-order valence-electron chi connectivity index (χ1n) is 16.2. The highest BCUT2D eigenvalue weighted by molar-refractivity contribution is 5.94. The molecule has 1 saturated heterocycles. The summed E-state index contributed by atoms with van der Waals surface area (Å²) in [5.41, 5.74) is 5.32. The molecule has 0 unspecified atom stereocenters. The average molecular weight is 663 g/mol. The number of hydrogen-bond acceptors (Lipinski definition) is 7. The van der Waals surface area contributed by atoms with Gasteiger partial charge in [0.15, 0.2) is 0 Å². The molecule has 0 radical (unpaired) electrons. The second-order valence-corrected chi connectivity index (χ2v) is 13.2. The van der Waals surface area contributed by atoms with Gasteiger partial charge in [-0.3, -0.25) is 4.79 Å². The number of rotatable bonds is 11. The fraction of sp³-hybridized carbons (Fsp3) is 0.275. The van der Waals surface area contributed by atoms with Crippen LogP contribution in [0.25, 0.3) is 11.1 Å². The maximum atomic E-state index is 15.1. The second kappa shape index (κ2) is 14.4. The van der Waals surface area contributed by atoms with E-state index < -0.39 is 18.1 Å². The van der Waals surface area contributed by atoms with Crippen LogP contribution >= 0.6 is 0 Å². The van der Waals surface area contributed by atoms with E-state index in [-0.39, 0.29) is 36.8 Å². The first-order valence-corrected chi connectivity index (χ1v) is 16.2. The van der Waals surface area contributed by atoms with Crippen molar-refractivity contribution in [3.63, 3.8) is 0 Å². The van der Waals surface area contributed by atoms with Gasteiger partial charge >= 0.3 is 6.09 Å². The highest BCUT2D eigenvalue weighted by Gasteiger charge is 2.39. The molecule has 252 valence electrons. The molecule has 1 aliphatic rings. The van der Waals surface area contributed by atoms with E-state index in [1.165, 1.54) is 17.2 Å². The Labute approximate surface area is 285 Å². The number of hydrogen-bond donors (Lipinski definition) is 0. The summed E-state index contributed by atoms with van der Waals surface area (Å²) in [5.74, 6) is 0.0635. The Hall–Kier alpha value is -5.44. The van der Waals surface area contributed by atoms with E-state index in [2.05, 4.69) is 25.9 Å². The first kappa shape index (κ1) is 33.5. The van der Waals surface area contributed by atoms with Crippen molar-refractivity contribution in [2.24, 2.45) is 0 Å². The molecule has 0 saturated carbocycles. The molecular formula is C40H39FN2O6. The van der Waals surface area contributed by atoms with Gasteiger partial charge in [-0.25, -0.2) is 14.1 Å². The van der Waals surface area contributed by atoms with Gasteiger partial charge in [0.25, 0.3) is 0 Å². The number of amides is 2. The Bertz CT molecular complexity index is 1900. The van der Waals surface area contributed by atoms with Crippen molar-refractivity contribution in [2.45, 2.75) is 57.6 Å². The van der Waals surface area contributed by atoms with Crippen LogP contribution in [-0.4, -0.2) is 41.8 Å². The summed E-state index contributed by atoms with van der Waals surface area (Å²) in [6.07, 6.45) is 1.33. The van der Waals surface area contributed by atoms with Crippen molar-refractivity contribution in [1.82, 2.24) is 10.1 Å². The molecule has 4 aromatic carbocycles. The Morgan fingerprint density at radius 2 is 1.69 bits per heavy atom. The largest absolute Gasteiger partial charge is 0.497 e. The predicted molar refractivity (Wildman–Crippen MR) is 183 cm³/mol. The van der Waals surface area contributed by atoms with Crippen LogP contribution in [0.3, 0.4) is 0 Å². The van der Waals surface area contributed by atoms with Gasteiger partial charge in [0, 0.05) is 24.0 Å². The molecule has 8 nitrogen and oxygen atoms in total. The van der Waals surface area contributed by atoms with Gasteiger partial charge in [0.1, 0.15) is 36.8 Å². The molecule has 0 spiro atoms. The number of imide groups is 1. The van der Waals surface area contributed by atoms with Crippen LogP contribution in [0.4, 0.5) is 9.18 Å². The van der Waals surface area contributed by atoms with Crippen molar-refractivity contribution in [3.05, 3.63) is 137 Å². The lowest BCUT2D eigenvalue weighted by Crippen LogP contribution is -2.40. The second-order valence-electron chi connectivity index (χ2n) is 13.2. The van der Waals surface area contributed by atoms with Gasteiger partial charge in [0.2, 0.25) is 5.91 Å². The lowest BCUT2D eigenvalue weighted by Gasteiger charge is -2.24. The zero-order valence-electron chi connectivity index (χ0n) is 28.0. The first-order chi connectivity index (χ1) is 23.6. The number of benzene rings is 4. The van der Waals surface area contributed by atoms with E-state index in [9.17, 15) is 9.59 Å². The molecule has 6 rings (SSSR count). The summed E-state index contributed by atoms with van der Waals surface area (Å²) in [6.45, 7) is 6.70. The zero-order valence-corrected chi connectivity index (χ0v) is 28.0. The maximum absolute atomic E-state index is 15.1. The minimum absolute atomic E-state index is 0.00311. The molecule has 0 N–H and O–H groups in total. The van der Waals surface area contributed by atoms with Gasteiger partial charge < -0.3 is 18.7 Å². The summed E-state index contributed by atoms with van der Waals surface area (Å²) in [7, 11) is 1.56. The number of carbonyl (C=O) groups excluding carboxylic acids is 2. The minimum atomic E-state index is -0.638. The smallest absolute Gasteiger partial charge is 0.416 e. The number of carbonyl (C=O) groups is 2.